The second kappa shape index (κ2) is 8.39. The molecule has 0 spiro atoms. The summed E-state index contributed by atoms with van der Waals surface area (Å²) in [7, 11) is 0. The van der Waals surface area contributed by atoms with Gasteiger partial charge in [-0.15, -0.1) is 0 Å². The van der Waals surface area contributed by atoms with Gasteiger partial charge in [0, 0.05) is 16.1 Å². The lowest BCUT2D eigenvalue weighted by molar-refractivity contribution is -0.131. The molecule has 2 aromatic carbocycles. The van der Waals surface area contributed by atoms with Gasteiger partial charge in [-0.2, -0.15) is 0 Å². The molecule has 1 N–H and O–H groups in total. The molecule has 0 aliphatic rings. The number of rotatable bonds is 7. The second-order valence-corrected chi connectivity index (χ2v) is 5.73. The van der Waals surface area contributed by atoms with Crippen molar-refractivity contribution in [2.24, 2.45) is 0 Å². The minimum atomic E-state index is -1.00. The molecule has 4 nitrogen and oxygen atoms in total. The van der Waals surface area contributed by atoms with Crippen LogP contribution in [0.25, 0.3) is 6.08 Å². The molecule has 120 valence electrons. The third-order valence-electron chi connectivity index (χ3n) is 3.07. The molecular formula is C18H17BrO4. The fourth-order valence-corrected chi connectivity index (χ4v) is 2.34. The zero-order valence-corrected chi connectivity index (χ0v) is 14.2. The summed E-state index contributed by atoms with van der Waals surface area (Å²) in [6, 6.07) is 13.2. The molecule has 0 saturated carbocycles. The molecule has 0 aliphatic heterocycles. The molecule has 0 radical (unpaired) electrons. The molecule has 0 heterocycles. The van der Waals surface area contributed by atoms with Crippen molar-refractivity contribution >= 4 is 28.0 Å². The maximum absolute atomic E-state index is 10.7. The van der Waals surface area contributed by atoms with Crippen LogP contribution in [0.1, 0.15) is 11.1 Å². The Morgan fingerprint density at radius 2 is 1.83 bits per heavy atom. The van der Waals surface area contributed by atoms with Crippen LogP contribution in [0, 0.1) is 6.92 Å². The quantitative estimate of drug-likeness (QED) is 0.577. The Labute approximate surface area is 143 Å². The highest BCUT2D eigenvalue weighted by Crippen LogP contribution is 2.24. The summed E-state index contributed by atoms with van der Waals surface area (Å²) in [5, 5.41) is 8.74. The summed E-state index contributed by atoms with van der Waals surface area (Å²) >= 11 is 3.36. The molecule has 0 saturated heterocycles. The molecule has 2 rings (SSSR count). The number of carbonyl (C=O) groups is 1. The van der Waals surface area contributed by atoms with Gasteiger partial charge in [-0.3, -0.25) is 0 Å². The minimum absolute atomic E-state index is 0.365. The molecular weight excluding hydrogens is 360 g/mol. The number of ether oxygens (including phenoxy) is 2. The summed E-state index contributed by atoms with van der Waals surface area (Å²) in [6.07, 6.45) is 2.59. The van der Waals surface area contributed by atoms with Gasteiger partial charge in [0.05, 0.1) is 0 Å². The van der Waals surface area contributed by atoms with E-state index in [0.717, 1.165) is 21.9 Å². The summed E-state index contributed by atoms with van der Waals surface area (Å²) < 4.78 is 12.2. The number of hydrogen-bond acceptors (Lipinski definition) is 3. The average molecular weight is 377 g/mol. The van der Waals surface area contributed by atoms with Gasteiger partial charge in [-0.1, -0.05) is 34.1 Å². The SMILES string of the molecule is Cc1ccccc1OCCOc1ccc(Br)cc1C=CC(=O)O. The predicted molar refractivity (Wildman–Crippen MR) is 93.0 cm³/mol. The standard InChI is InChI=1S/C18H17BrO4/c1-13-4-2-3-5-16(13)22-10-11-23-17-8-7-15(19)12-14(17)6-9-18(20)21/h2-9,12H,10-11H2,1H3,(H,20,21). The van der Waals surface area contributed by atoms with Crippen LogP contribution in [0.15, 0.2) is 53.0 Å². The highest BCUT2D eigenvalue weighted by atomic mass is 79.9. The summed E-state index contributed by atoms with van der Waals surface area (Å²) in [5.41, 5.74) is 1.76. The zero-order valence-electron chi connectivity index (χ0n) is 12.7. The van der Waals surface area contributed by atoms with Crippen molar-refractivity contribution in [3.05, 3.63) is 64.1 Å². The molecule has 0 bridgehead atoms. The van der Waals surface area contributed by atoms with E-state index in [1.54, 1.807) is 12.1 Å². The first kappa shape index (κ1) is 17.1. The number of aliphatic carboxylic acids is 1. The van der Waals surface area contributed by atoms with Gasteiger partial charge in [0.25, 0.3) is 0 Å². The smallest absolute Gasteiger partial charge is 0.328 e. The molecule has 0 fully saturated rings. The molecule has 5 heteroatoms. The van der Waals surface area contributed by atoms with Gasteiger partial charge in [-0.05, 0) is 42.8 Å². The van der Waals surface area contributed by atoms with E-state index < -0.39 is 5.97 Å². The van der Waals surface area contributed by atoms with Crippen LogP contribution in [0.5, 0.6) is 11.5 Å². The normalized spacial score (nSPS) is 10.7. The Morgan fingerprint density at radius 3 is 2.52 bits per heavy atom. The highest BCUT2D eigenvalue weighted by Gasteiger charge is 2.04. The van der Waals surface area contributed by atoms with Gasteiger partial charge in [0.15, 0.2) is 0 Å². The van der Waals surface area contributed by atoms with Crippen LogP contribution >= 0.6 is 15.9 Å². The molecule has 0 aromatic heterocycles. The van der Waals surface area contributed by atoms with Crippen LogP contribution in [-0.4, -0.2) is 24.3 Å². The number of benzene rings is 2. The van der Waals surface area contributed by atoms with Crippen LogP contribution in [-0.2, 0) is 4.79 Å². The molecule has 0 amide bonds. The first-order chi connectivity index (χ1) is 11.1. The van der Waals surface area contributed by atoms with Crippen molar-refractivity contribution < 1.29 is 19.4 Å². The van der Waals surface area contributed by atoms with Crippen LogP contribution in [0.4, 0.5) is 0 Å². The van der Waals surface area contributed by atoms with Crippen molar-refractivity contribution in [3.63, 3.8) is 0 Å². The third-order valence-corrected chi connectivity index (χ3v) is 3.56. The third kappa shape index (κ3) is 5.45. The highest BCUT2D eigenvalue weighted by molar-refractivity contribution is 9.10. The Bertz CT molecular complexity index is 710. The van der Waals surface area contributed by atoms with Gasteiger partial charge < -0.3 is 14.6 Å². The fourth-order valence-electron chi connectivity index (χ4n) is 1.96. The van der Waals surface area contributed by atoms with E-state index >= 15 is 0 Å². The Balaban J connectivity index is 1.95. The maximum atomic E-state index is 10.7. The van der Waals surface area contributed by atoms with E-state index in [1.807, 2.05) is 37.3 Å². The Kier molecular flexibility index (Phi) is 6.23. The number of halogens is 1. The zero-order chi connectivity index (χ0) is 16.7. The van der Waals surface area contributed by atoms with Gasteiger partial charge >= 0.3 is 5.97 Å². The van der Waals surface area contributed by atoms with Crippen LogP contribution in [0.2, 0.25) is 0 Å². The average Bonchev–Trinajstić information content (AvgIpc) is 2.52. The van der Waals surface area contributed by atoms with Crippen LogP contribution < -0.4 is 9.47 Å². The summed E-state index contributed by atoms with van der Waals surface area (Å²) in [4.78, 5) is 10.7. The molecule has 0 atom stereocenters. The fraction of sp³-hybridized carbons (Fsp3) is 0.167. The predicted octanol–water partition coefficient (Wildman–Crippen LogP) is 4.31. The topological polar surface area (TPSA) is 55.8 Å². The minimum Gasteiger partial charge on any atom is -0.490 e. The van der Waals surface area contributed by atoms with E-state index in [0.29, 0.717) is 24.5 Å². The number of carboxylic acid groups (broad SMARTS) is 1. The van der Waals surface area contributed by atoms with E-state index in [2.05, 4.69) is 15.9 Å². The first-order valence-corrected chi connectivity index (χ1v) is 7.87. The van der Waals surface area contributed by atoms with Crippen molar-refractivity contribution in [2.45, 2.75) is 6.92 Å². The molecule has 0 unspecified atom stereocenters. The molecule has 0 aliphatic carbocycles. The lowest BCUT2D eigenvalue weighted by Gasteiger charge is -2.12. The monoisotopic (exact) mass is 376 g/mol. The number of aryl methyl sites for hydroxylation is 1. The first-order valence-electron chi connectivity index (χ1n) is 7.08. The Morgan fingerprint density at radius 1 is 1.13 bits per heavy atom. The maximum Gasteiger partial charge on any atom is 0.328 e. The van der Waals surface area contributed by atoms with Crippen molar-refractivity contribution in [2.75, 3.05) is 13.2 Å². The van der Waals surface area contributed by atoms with Crippen molar-refractivity contribution in [1.29, 1.82) is 0 Å². The number of hydrogen-bond donors (Lipinski definition) is 1. The largest absolute Gasteiger partial charge is 0.490 e. The van der Waals surface area contributed by atoms with E-state index in [-0.39, 0.29) is 0 Å². The molecule has 2 aromatic rings. The van der Waals surface area contributed by atoms with Crippen molar-refractivity contribution in [1.82, 2.24) is 0 Å². The second-order valence-electron chi connectivity index (χ2n) is 4.82. The summed E-state index contributed by atoms with van der Waals surface area (Å²) in [5.74, 6) is 0.441. The van der Waals surface area contributed by atoms with E-state index in [9.17, 15) is 4.79 Å². The number of carboxylic acids is 1. The molecule has 23 heavy (non-hydrogen) atoms. The lowest BCUT2D eigenvalue weighted by Crippen LogP contribution is -2.10. The van der Waals surface area contributed by atoms with Gasteiger partial charge in [-0.25, -0.2) is 4.79 Å². The van der Waals surface area contributed by atoms with Crippen molar-refractivity contribution in [3.8, 4) is 11.5 Å². The van der Waals surface area contributed by atoms with E-state index in [4.69, 9.17) is 14.6 Å². The number of para-hydroxylation sites is 1. The lowest BCUT2D eigenvalue weighted by atomic mass is 10.2. The van der Waals surface area contributed by atoms with E-state index in [1.165, 1.54) is 6.08 Å². The van der Waals surface area contributed by atoms with Gasteiger partial charge in [0.2, 0.25) is 0 Å². The van der Waals surface area contributed by atoms with Crippen LogP contribution in [0.3, 0.4) is 0 Å². The van der Waals surface area contributed by atoms with Gasteiger partial charge in [0.1, 0.15) is 24.7 Å². The summed E-state index contributed by atoms with van der Waals surface area (Å²) in [6.45, 7) is 2.76. The Hall–Kier alpha value is -2.27.